The number of carbonyl (C=O) groups is 1. The lowest BCUT2D eigenvalue weighted by atomic mass is 10.1. The summed E-state index contributed by atoms with van der Waals surface area (Å²) in [5, 5.41) is 2.92. The predicted molar refractivity (Wildman–Crippen MR) is 83.0 cm³/mol. The van der Waals surface area contributed by atoms with Crippen molar-refractivity contribution in [1.82, 2.24) is 0 Å². The summed E-state index contributed by atoms with van der Waals surface area (Å²) in [6.45, 7) is 4.04. The quantitative estimate of drug-likeness (QED) is 0.809. The SMILES string of the molecule is Cc1cc(C)cc(NC(=O)c2ccc(I)cc2)c1. The molecule has 0 spiro atoms. The van der Waals surface area contributed by atoms with Gasteiger partial charge in [-0.3, -0.25) is 4.79 Å². The number of aryl methyl sites for hydroxylation is 2. The summed E-state index contributed by atoms with van der Waals surface area (Å²) < 4.78 is 1.12. The van der Waals surface area contributed by atoms with Gasteiger partial charge >= 0.3 is 0 Å². The Hall–Kier alpha value is -1.36. The molecule has 0 fully saturated rings. The van der Waals surface area contributed by atoms with E-state index in [1.807, 2.05) is 50.2 Å². The second kappa shape index (κ2) is 5.52. The Labute approximate surface area is 121 Å². The van der Waals surface area contributed by atoms with Crippen LogP contribution in [0.2, 0.25) is 0 Å². The monoisotopic (exact) mass is 351 g/mol. The lowest BCUT2D eigenvalue weighted by Gasteiger charge is -2.07. The zero-order valence-electron chi connectivity index (χ0n) is 10.3. The van der Waals surface area contributed by atoms with Gasteiger partial charge in [0.1, 0.15) is 0 Å². The van der Waals surface area contributed by atoms with Gasteiger partial charge in [0.05, 0.1) is 0 Å². The van der Waals surface area contributed by atoms with Crippen molar-refractivity contribution < 1.29 is 4.79 Å². The molecule has 2 aromatic rings. The smallest absolute Gasteiger partial charge is 0.255 e. The fourth-order valence-corrected chi connectivity index (χ4v) is 2.21. The maximum Gasteiger partial charge on any atom is 0.255 e. The van der Waals surface area contributed by atoms with Gasteiger partial charge in [0, 0.05) is 14.8 Å². The van der Waals surface area contributed by atoms with Crippen molar-refractivity contribution in [3.63, 3.8) is 0 Å². The first-order valence-corrected chi connectivity index (χ1v) is 6.78. The lowest BCUT2D eigenvalue weighted by molar-refractivity contribution is 0.102. The van der Waals surface area contributed by atoms with Crippen molar-refractivity contribution in [2.24, 2.45) is 0 Å². The third-order valence-corrected chi connectivity index (χ3v) is 3.31. The molecule has 18 heavy (non-hydrogen) atoms. The van der Waals surface area contributed by atoms with E-state index in [1.165, 1.54) is 0 Å². The predicted octanol–water partition coefficient (Wildman–Crippen LogP) is 4.16. The van der Waals surface area contributed by atoms with Crippen LogP contribution in [0.4, 0.5) is 5.69 Å². The normalized spacial score (nSPS) is 10.2. The Balaban J connectivity index is 2.18. The summed E-state index contributed by atoms with van der Waals surface area (Å²) in [5.74, 6) is -0.0728. The number of amides is 1. The third-order valence-electron chi connectivity index (χ3n) is 2.59. The average molecular weight is 351 g/mol. The number of hydrogen-bond donors (Lipinski definition) is 1. The number of carbonyl (C=O) groups excluding carboxylic acids is 1. The van der Waals surface area contributed by atoms with E-state index in [4.69, 9.17) is 0 Å². The second-order valence-electron chi connectivity index (χ2n) is 4.34. The second-order valence-corrected chi connectivity index (χ2v) is 5.58. The first-order valence-electron chi connectivity index (χ1n) is 5.70. The van der Waals surface area contributed by atoms with Gasteiger partial charge in [-0.1, -0.05) is 6.07 Å². The summed E-state index contributed by atoms with van der Waals surface area (Å²) in [6, 6.07) is 13.5. The van der Waals surface area contributed by atoms with Gasteiger partial charge in [-0.05, 0) is 84.0 Å². The highest BCUT2D eigenvalue weighted by Gasteiger charge is 2.06. The Morgan fingerprint density at radius 1 is 1.00 bits per heavy atom. The van der Waals surface area contributed by atoms with Crippen molar-refractivity contribution in [3.8, 4) is 0 Å². The largest absolute Gasteiger partial charge is 0.322 e. The molecule has 1 amide bonds. The van der Waals surface area contributed by atoms with E-state index >= 15 is 0 Å². The average Bonchev–Trinajstić information content (AvgIpc) is 2.28. The zero-order valence-corrected chi connectivity index (χ0v) is 12.5. The number of anilines is 1. The first-order chi connectivity index (χ1) is 8.54. The van der Waals surface area contributed by atoms with Gasteiger partial charge in [-0.15, -0.1) is 0 Å². The highest BCUT2D eigenvalue weighted by atomic mass is 127. The first kappa shape index (κ1) is 13.1. The van der Waals surface area contributed by atoms with Crippen molar-refractivity contribution in [2.45, 2.75) is 13.8 Å². The molecule has 0 saturated heterocycles. The number of nitrogens with one attached hydrogen (secondary N) is 1. The standard InChI is InChI=1S/C15H14INO/c1-10-7-11(2)9-14(8-10)17-15(18)12-3-5-13(16)6-4-12/h3-9H,1-2H3,(H,17,18). The molecule has 0 aromatic heterocycles. The molecule has 2 rings (SSSR count). The Morgan fingerprint density at radius 3 is 2.11 bits per heavy atom. The van der Waals surface area contributed by atoms with Crippen LogP contribution in [0.5, 0.6) is 0 Å². The van der Waals surface area contributed by atoms with E-state index in [0.717, 1.165) is 20.4 Å². The maximum absolute atomic E-state index is 12.0. The van der Waals surface area contributed by atoms with E-state index < -0.39 is 0 Å². The van der Waals surface area contributed by atoms with Gasteiger partial charge < -0.3 is 5.32 Å². The van der Waals surface area contributed by atoms with Crippen molar-refractivity contribution >= 4 is 34.2 Å². The Bertz CT molecular complexity index is 555. The van der Waals surface area contributed by atoms with Crippen LogP contribution in [0.15, 0.2) is 42.5 Å². The highest BCUT2D eigenvalue weighted by molar-refractivity contribution is 14.1. The van der Waals surface area contributed by atoms with Crippen LogP contribution in [0, 0.1) is 17.4 Å². The molecule has 2 nitrogen and oxygen atoms in total. The molecule has 0 radical (unpaired) electrons. The molecule has 3 heteroatoms. The van der Waals surface area contributed by atoms with E-state index in [9.17, 15) is 4.79 Å². The highest BCUT2D eigenvalue weighted by Crippen LogP contribution is 2.15. The molecule has 0 saturated carbocycles. The molecule has 0 unspecified atom stereocenters. The maximum atomic E-state index is 12.0. The Kier molecular flexibility index (Phi) is 4.01. The molecule has 2 aromatic carbocycles. The van der Waals surface area contributed by atoms with Crippen LogP contribution in [-0.2, 0) is 0 Å². The molecule has 1 N–H and O–H groups in total. The topological polar surface area (TPSA) is 29.1 Å². The summed E-state index contributed by atoms with van der Waals surface area (Å²) >= 11 is 2.22. The lowest BCUT2D eigenvalue weighted by Crippen LogP contribution is -2.11. The molecular weight excluding hydrogens is 337 g/mol. The molecule has 0 aliphatic carbocycles. The summed E-state index contributed by atoms with van der Waals surface area (Å²) in [6.07, 6.45) is 0. The van der Waals surface area contributed by atoms with Gasteiger partial charge in [-0.25, -0.2) is 0 Å². The van der Waals surface area contributed by atoms with Crippen LogP contribution >= 0.6 is 22.6 Å². The molecule has 0 atom stereocenters. The fourth-order valence-electron chi connectivity index (χ4n) is 1.85. The van der Waals surface area contributed by atoms with Crippen LogP contribution in [0.1, 0.15) is 21.5 Å². The van der Waals surface area contributed by atoms with Gasteiger partial charge in [-0.2, -0.15) is 0 Å². The molecule has 0 bridgehead atoms. The number of halogens is 1. The number of hydrogen-bond acceptors (Lipinski definition) is 1. The van der Waals surface area contributed by atoms with Crippen LogP contribution in [0.3, 0.4) is 0 Å². The van der Waals surface area contributed by atoms with E-state index in [-0.39, 0.29) is 5.91 Å². The van der Waals surface area contributed by atoms with E-state index in [2.05, 4.69) is 34.0 Å². The number of benzene rings is 2. The zero-order chi connectivity index (χ0) is 13.1. The van der Waals surface area contributed by atoms with E-state index in [1.54, 1.807) is 0 Å². The number of rotatable bonds is 2. The van der Waals surface area contributed by atoms with Gasteiger partial charge in [0.2, 0.25) is 0 Å². The molecule has 0 aliphatic rings. The minimum atomic E-state index is -0.0728. The fraction of sp³-hybridized carbons (Fsp3) is 0.133. The Morgan fingerprint density at radius 2 is 1.56 bits per heavy atom. The molecule has 92 valence electrons. The third kappa shape index (κ3) is 3.32. The summed E-state index contributed by atoms with van der Waals surface area (Å²) in [5.41, 5.74) is 3.81. The van der Waals surface area contributed by atoms with E-state index in [0.29, 0.717) is 5.56 Å². The molecular formula is C15H14INO. The molecule has 0 heterocycles. The van der Waals surface area contributed by atoms with Crippen molar-refractivity contribution in [2.75, 3.05) is 5.32 Å². The van der Waals surface area contributed by atoms with Crippen molar-refractivity contribution in [3.05, 3.63) is 62.7 Å². The van der Waals surface area contributed by atoms with Crippen LogP contribution < -0.4 is 5.32 Å². The molecule has 0 aliphatic heterocycles. The van der Waals surface area contributed by atoms with Crippen molar-refractivity contribution in [1.29, 1.82) is 0 Å². The van der Waals surface area contributed by atoms with Crippen LogP contribution in [0.25, 0.3) is 0 Å². The summed E-state index contributed by atoms with van der Waals surface area (Å²) in [4.78, 5) is 12.0. The minimum absolute atomic E-state index is 0.0728. The van der Waals surface area contributed by atoms with Gasteiger partial charge in [0.15, 0.2) is 0 Å². The van der Waals surface area contributed by atoms with Crippen LogP contribution in [-0.4, -0.2) is 5.91 Å². The van der Waals surface area contributed by atoms with Gasteiger partial charge in [0.25, 0.3) is 5.91 Å². The summed E-state index contributed by atoms with van der Waals surface area (Å²) in [7, 11) is 0. The minimum Gasteiger partial charge on any atom is -0.322 e.